The SMILES string of the molecule is CC1(C)c2ccccc2-c2c1ccc1c2Oc2cc(-c3cc(-c4ccccc4)nc(-c4ccccc4)n3)ccc2O1. The molecule has 0 amide bonds. The molecule has 0 N–H and O–H groups in total. The van der Waals surface area contributed by atoms with Crippen molar-refractivity contribution < 1.29 is 9.47 Å². The number of hydrogen-bond acceptors (Lipinski definition) is 4. The molecule has 0 fully saturated rings. The number of benzene rings is 5. The molecule has 0 unspecified atom stereocenters. The van der Waals surface area contributed by atoms with Gasteiger partial charge in [-0.05, 0) is 47.0 Å². The van der Waals surface area contributed by atoms with Crippen molar-refractivity contribution >= 4 is 0 Å². The Morgan fingerprint density at radius 1 is 0.512 bits per heavy atom. The molecule has 41 heavy (non-hydrogen) atoms. The smallest absolute Gasteiger partial charge is 0.178 e. The molecule has 0 atom stereocenters. The molecule has 6 aromatic rings. The quantitative estimate of drug-likeness (QED) is 0.228. The van der Waals surface area contributed by atoms with E-state index in [1.54, 1.807) is 0 Å². The van der Waals surface area contributed by atoms with E-state index in [2.05, 4.69) is 56.3 Å². The minimum atomic E-state index is -0.116. The second-order valence-electron chi connectivity index (χ2n) is 11.0. The normalized spacial score (nSPS) is 13.7. The van der Waals surface area contributed by atoms with Gasteiger partial charge in [-0.2, -0.15) is 0 Å². The van der Waals surface area contributed by atoms with E-state index in [0.717, 1.165) is 45.1 Å². The molecule has 0 spiro atoms. The molecule has 2 aliphatic rings. The van der Waals surface area contributed by atoms with Crippen LogP contribution in [0.4, 0.5) is 0 Å². The Labute approximate surface area is 238 Å². The minimum Gasteiger partial charge on any atom is -0.449 e. The first-order chi connectivity index (χ1) is 20.1. The van der Waals surface area contributed by atoms with Crippen LogP contribution in [-0.4, -0.2) is 9.97 Å². The van der Waals surface area contributed by atoms with Crippen LogP contribution in [0.25, 0.3) is 45.0 Å². The van der Waals surface area contributed by atoms with Crippen LogP contribution in [-0.2, 0) is 5.41 Å². The van der Waals surface area contributed by atoms with Gasteiger partial charge in [-0.25, -0.2) is 9.97 Å². The van der Waals surface area contributed by atoms with Crippen LogP contribution in [0.3, 0.4) is 0 Å². The van der Waals surface area contributed by atoms with E-state index in [1.165, 1.54) is 16.7 Å². The molecule has 0 radical (unpaired) electrons. The highest BCUT2D eigenvalue weighted by molar-refractivity contribution is 5.88. The van der Waals surface area contributed by atoms with Crippen LogP contribution < -0.4 is 9.47 Å². The summed E-state index contributed by atoms with van der Waals surface area (Å²) in [5, 5.41) is 0. The van der Waals surface area contributed by atoms with Crippen molar-refractivity contribution in [1.82, 2.24) is 9.97 Å². The van der Waals surface area contributed by atoms with Gasteiger partial charge in [0.25, 0.3) is 0 Å². The Balaban J connectivity index is 1.25. The maximum Gasteiger partial charge on any atom is 0.178 e. The third kappa shape index (κ3) is 3.75. The maximum atomic E-state index is 6.69. The zero-order chi connectivity index (χ0) is 27.6. The molecule has 1 aliphatic carbocycles. The zero-order valence-corrected chi connectivity index (χ0v) is 22.8. The number of hydrogen-bond donors (Lipinski definition) is 0. The van der Waals surface area contributed by atoms with E-state index in [4.69, 9.17) is 19.4 Å². The van der Waals surface area contributed by atoms with Crippen LogP contribution >= 0.6 is 0 Å². The fourth-order valence-electron chi connectivity index (χ4n) is 6.05. The van der Waals surface area contributed by atoms with E-state index in [0.29, 0.717) is 17.3 Å². The van der Waals surface area contributed by atoms with Gasteiger partial charge in [-0.3, -0.25) is 0 Å². The molecule has 2 heterocycles. The lowest BCUT2D eigenvalue weighted by Gasteiger charge is -2.25. The monoisotopic (exact) mass is 530 g/mol. The number of aromatic nitrogens is 2. The minimum absolute atomic E-state index is 0.116. The Morgan fingerprint density at radius 3 is 1.95 bits per heavy atom. The molecule has 4 heteroatoms. The molecule has 5 aromatic carbocycles. The predicted octanol–water partition coefficient (Wildman–Crippen LogP) is 9.68. The summed E-state index contributed by atoms with van der Waals surface area (Å²) in [5.74, 6) is 3.54. The van der Waals surface area contributed by atoms with Crippen molar-refractivity contribution in [3.63, 3.8) is 0 Å². The third-order valence-corrected chi connectivity index (χ3v) is 8.16. The predicted molar refractivity (Wildman–Crippen MR) is 162 cm³/mol. The molecular weight excluding hydrogens is 504 g/mol. The highest BCUT2D eigenvalue weighted by Crippen LogP contribution is 2.58. The van der Waals surface area contributed by atoms with Crippen molar-refractivity contribution in [2.24, 2.45) is 0 Å². The van der Waals surface area contributed by atoms with E-state index in [9.17, 15) is 0 Å². The standard InChI is InChI=1S/C37H26N2O2/c1-37(2)27-16-10-9-15-26(27)34-28(37)18-20-32-35(34)41-33-21-25(17-19-31(33)40-32)30-22-29(23-11-5-3-6-12-23)38-36(39-30)24-13-7-4-8-14-24/h3-22H,1-2H3. The first-order valence-corrected chi connectivity index (χ1v) is 13.8. The molecule has 0 saturated carbocycles. The second kappa shape index (κ2) is 8.90. The third-order valence-electron chi connectivity index (χ3n) is 8.16. The summed E-state index contributed by atoms with van der Waals surface area (Å²) in [4.78, 5) is 9.92. The van der Waals surface area contributed by atoms with Crippen LogP contribution in [0.1, 0.15) is 25.0 Å². The van der Waals surface area contributed by atoms with E-state index < -0.39 is 0 Å². The van der Waals surface area contributed by atoms with E-state index in [1.807, 2.05) is 78.9 Å². The molecule has 4 nitrogen and oxygen atoms in total. The van der Waals surface area contributed by atoms with Gasteiger partial charge in [0.1, 0.15) is 0 Å². The molecule has 0 saturated heterocycles. The van der Waals surface area contributed by atoms with Gasteiger partial charge in [-0.1, -0.05) is 105 Å². The average molecular weight is 531 g/mol. The number of rotatable bonds is 3. The lowest BCUT2D eigenvalue weighted by atomic mass is 9.82. The number of ether oxygens (including phenoxy) is 2. The summed E-state index contributed by atoms with van der Waals surface area (Å²) in [6, 6.07) is 41.1. The molecular formula is C37H26N2O2. The average Bonchev–Trinajstić information content (AvgIpc) is 3.27. The van der Waals surface area contributed by atoms with E-state index in [-0.39, 0.29) is 5.41 Å². The van der Waals surface area contributed by atoms with Crippen molar-refractivity contribution in [3.05, 3.63) is 132 Å². The molecule has 0 bridgehead atoms. The van der Waals surface area contributed by atoms with E-state index >= 15 is 0 Å². The van der Waals surface area contributed by atoms with Gasteiger partial charge in [0.2, 0.25) is 0 Å². The van der Waals surface area contributed by atoms with Gasteiger partial charge in [0.15, 0.2) is 28.8 Å². The zero-order valence-electron chi connectivity index (χ0n) is 22.8. The maximum absolute atomic E-state index is 6.69. The first-order valence-electron chi connectivity index (χ1n) is 13.8. The Kier molecular flexibility index (Phi) is 5.13. The summed E-state index contributed by atoms with van der Waals surface area (Å²) in [5.41, 5.74) is 9.36. The van der Waals surface area contributed by atoms with Gasteiger partial charge < -0.3 is 9.47 Å². The summed E-state index contributed by atoms with van der Waals surface area (Å²) in [7, 11) is 0. The molecule has 196 valence electrons. The summed E-state index contributed by atoms with van der Waals surface area (Å²) < 4.78 is 13.1. The van der Waals surface area contributed by atoms with Crippen LogP contribution in [0, 0.1) is 0 Å². The fourth-order valence-corrected chi connectivity index (χ4v) is 6.05. The van der Waals surface area contributed by atoms with Gasteiger partial charge in [-0.15, -0.1) is 0 Å². The fraction of sp³-hybridized carbons (Fsp3) is 0.0811. The lowest BCUT2D eigenvalue weighted by Crippen LogP contribution is -2.15. The van der Waals surface area contributed by atoms with Crippen molar-refractivity contribution in [2.45, 2.75) is 19.3 Å². The number of nitrogens with zero attached hydrogens (tertiary/aromatic N) is 2. The Morgan fingerprint density at radius 2 is 1.17 bits per heavy atom. The van der Waals surface area contributed by atoms with Gasteiger partial charge >= 0.3 is 0 Å². The first kappa shape index (κ1) is 23.6. The van der Waals surface area contributed by atoms with Crippen molar-refractivity contribution in [1.29, 1.82) is 0 Å². The lowest BCUT2D eigenvalue weighted by molar-refractivity contribution is 0.360. The molecule has 1 aromatic heterocycles. The number of fused-ring (bicyclic) bond motifs is 6. The molecule has 8 rings (SSSR count). The van der Waals surface area contributed by atoms with Crippen molar-refractivity contribution in [3.8, 4) is 68.0 Å². The largest absolute Gasteiger partial charge is 0.449 e. The highest BCUT2D eigenvalue weighted by atomic mass is 16.6. The summed E-state index contributed by atoms with van der Waals surface area (Å²) >= 11 is 0. The highest BCUT2D eigenvalue weighted by Gasteiger charge is 2.39. The Hall–Kier alpha value is -5.22. The van der Waals surface area contributed by atoms with Gasteiger partial charge in [0.05, 0.1) is 11.4 Å². The van der Waals surface area contributed by atoms with Crippen molar-refractivity contribution in [2.75, 3.05) is 0 Å². The van der Waals surface area contributed by atoms with Crippen LogP contribution in [0.15, 0.2) is 121 Å². The molecule has 1 aliphatic heterocycles. The van der Waals surface area contributed by atoms with Crippen LogP contribution in [0.5, 0.6) is 23.0 Å². The Bertz CT molecular complexity index is 1910. The summed E-state index contributed by atoms with van der Waals surface area (Å²) in [6.07, 6.45) is 0. The van der Waals surface area contributed by atoms with Crippen LogP contribution in [0.2, 0.25) is 0 Å². The van der Waals surface area contributed by atoms with Gasteiger partial charge in [0, 0.05) is 27.7 Å². The topological polar surface area (TPSA) is 44.2 Å². The second-order valence-corrected chi connectivity index (χ2v) is 11.0. The summed E-state index contributed by atoms with van der Waals surface area (Å²) in [6.45, 7) is 4.53.